The van der Waals surface area contributed by atoms with Gasteiger partial charge in [0, 0.05) is 19.0 Å². The molecule has 2 aliphatic rings. The summed E-state index contributed by atoms with van der Waals surface area (Å²) in [4.78, 5) is 25.4. The molecule has 1 saturated heterocycles. The highest BCUT2D eigenvalue weighted by atomic mass is 16.4. The molecule has 1 amide bonds. The SMILES string of the molecule is CC1(C)CCCN(C(=O)[C@@H]2CC[C@H](C(=O)O)C2)CC1. The van der Waals surface area contributed by atoms with Gasteiger partial charge in [0.25, 0.3) is 0 Å². The van der Waals surface area contributed by atoms with Crippen LogP contribution in [0.5, 0.6) is 0 Å². The van der Waals surface area contributed by atoms with E-state index in [0.717, 1.165) is 32.4 Å². The molecule has 1 N–H and O–H groups in total. The van der Waals surface area contributed by atoms with Gasteiger partial charge in [-0.05, 0) is 43.9 Å². The van der Waals surface area contributed by atoms with Gasteiger partial charge in [0.1, 0.15) is 0 Å². The Morgan fingerprint density at radius 3 is 2.42 bits per heavy atom. The smallest absolute Gasteiger partial charge is 0.306 e. The molecule has 2 rings (SSSR count). The summed E-state index contributed by atoms with van der Waals surface area (Å²) >= 11 is 0. The summed E-state index contributed by atoms with van der Waals surface area (Å²) in [6.45, 7) is 6.20. The van der Waals surface area contributed by atoms with Gasteiger partial charge in [-0.15, -0.1) is 0 Å². The largest absolute Gasteiger partial charge is 0.481 e. The molecule has 1 aliphatic heterocycles. The first-order chi connectivity index (χ1) is 8.89. The van der Waals surface area contributed by atoms with E-state index in [1.54, 1.807) is 0 Å². The number of carbonyl (C=O) groups excluding carboxylic acids is 1. The fourth-order valence-electron chi connectivity index (χ4n) is 3.33. The van der Waals surface area contributed by atoms with E-state index in [-0.39, 0.29) is 17.7 Å². The maximum Gasteiger partial charge on any atom is 0.306 e. The van der Waals surface area contributed by atoms with Gasteiger partial charge in [-0.1, -0.05) is 13.8 Å². The van der Waals surface area contributed by atoms with Crippen molar-refractivity contribution in [1.29, 1.82) is 0 Å². The normalized spacial score (nSPS) is 30.9. The van der Waals surface area contributed by atoms with E-state index in [4.69, 9.17) is 5.11 Å². The second-order valence-electron chi connectivity index (χ2n) is 6.89. The van der Waals surface area contributed by atoms with Crippen molar-refractivity contribution in [3.05, 3.63) is 0 Å². The molecule has 4 nitrogen and oxygen atoms in total. The zero-order chi connectivity index (χ0) is 14.0. The number of hydrogen-bond acceptors (Lipinski definition) is 2. The fourth-order valence-corrected chi connectivity index (χ4v) is 3.33. The van der Waals surface area contributed by atoms with Crippen LogP contribution in [0.3, 0.4) is 0 Å². The first-order valence-corrected chi connectivity index (χ1v) is 7.41. The molecule has 1 aliphatic carbocycles. The predicted molar refractivity (Wildman–Crippen MR) is 72.7 cm³/mol. The Balaban J connectivity index is 1.92. The Morgan fingerprint density at radius 1 is 1.11 bits per heavy atom. The summed E-state index contributed by atoms with van der Waals surface area (Å²) in [5, 5.41) is 9.01. The average molecular weight is 267 g/mol. The third-order valence-corrected chi connectivity index (χ3v) is 4.78. The molecule has 1 saturated carbocycles. The van der Waals surface area contributed by atoms with Gasteiger partial charge < -0.3 is 10.0 Å². The summed E-state index contributed by atoms with van der Waals surface area (Å²) < 4.78 is 0. The highest BCUT2D eigenvalue weighted by Gasteiger charge is 2.36. The van der Waals surface area contributed by atoms with Gasteiger partial charge in [-0.25, -0.2) is 0 Å². The molecule has 0 bridgehead atoms. The van der Waals surface area contributed by atoms with Crippen LogP contribution in [0.15, 0.2) is 0 Å². The van der Waals surface area contributed by atoms with Crippen molar-refractivity contribution in [2.45, 2.75) is 52.4 Å². The van der Waals surface area contributed by atoms with Crippen LogP contribution in [0.4, 0.5) is 0 Å². The van der Waals surface area contributed by atoms with E-state index >= 15 is 0 Å². The predicted octanol–water partition coefficient (Wildman–Crippen LogP) is 2.53. The Labute approximate surface area is 115 Å². The van der Waals surface area contributed by atoms with Crippen molar-refractivity contribution in [2.24, 2.45) is 17.3 Å². The van der Waals surface area contributed by atoms with Crippen LogP contribution < -0.4 is 0 Å². The molecule has 2 atom stereocenters. The number of carbonyl (C=O) groups is 2. The Kier molecular flexibility index (Phi) is 4.16. The number of rotatable bonds is 2. The van der Waals surface area contributed by atoms with Crippen LogP contribution in [0.1, 0.15) is 52.4 Å². The second-order valence-corrected chi connectivity index (χ2v) is 6.89. The summed E-state index contributed by atoms with van der Waals surface area (Å²) in [7, 11) is 0. The average Bonchev–Trinajstić information content (AvgIpc) is 2.75. The molecule has 2 fully saturated rings. The standard InChI is InChI=1S/C15H25NO3/c1-15(2)6-3-8-16(9-7-15)13(17)11-4-5-12(10-11)14(18)19/h11-12H,3-10H2,1-2H3,(H,18,19)/t11-,12+/m1/s1. The van der Waals surface area contributed by atoms with Gasteiger partial charge in [0.05, 0.1) is 5.92 Å². The van der Waals surface area contributed by atoms with Gasteiger partial charge >= 0.3 is 5.97 Å². The molecule has 108 valence electrons. The minimum Gasteiger partial charge on any atom is -0.481 e. The van der Waals surface area contributed by atoms with Crippen molar-refractivity contribution in [1.82, 2.24) is 4.90 Å². The molecule has 0 unspecified atom stereocenters. The van der Waals surface area contributed by atoms with Gasteiger partial charge in [0.15, 0.2) is 0 Å². The summed E-state index contributed by atoms with van der Waals surface area (Å²) in [6.07, 6.45) is 5.22. The van der Waals surface area contributed by atoms with Crippen LogP contribution in [0, 0.1) is 17.3 Å². The quantitative estimate of drug-likeness (QED) is 0.836. The molecule has 0 aromatic heterocycles. The first-order valence-electron chi connectivity index (χ1n) is 7.41. The third kappa shape index (κ3) is 3.48. The van der Waals surface area contributed by atoms with Crippen LogP contribution >= 0.6 is 0 Å². The number of likely N-dealkylation sites (tertiary alicyclic amines) is 1. The highest BCUT2D eigenvalue weighted by molar-refractivity contribution is 5.81. The van der Waals surface area contributed by atoms with Gasteiger partial charge in [0.2, 0.25) is 5.91 Å². The van der Waals surface area contributed by atoms with E-state index < -0.39 is 5.97 Å². The second kappa shape index (κ2) is 5.51. The van der Waals surface area contributed by atoms with E-state index in [1.807, 2.05) is 4.90 Å². The van der Waals surface area contributed by atoms with Crippen molar-refractivity contribution >= 4 is 11.9 Å². The monoisotopic (exact) mass is 267 g/mol. The van der Waals surface area contributed by atoms with E-state index in [2.05, 4.69) is 13.8 Å². The summed E-state index contributed by atoms with van der Waals surface area (Å²) in [5.74, 6) is -0.909. The molecule has 4 heteroatoms. The highest BCUT2D eigenvalue weighted by Crippen LogP contribution is 2.34. The molecule has 0 radical (unpaired) electrons. The lowest BCUT2D eigenvalue weighted by atomic mass is 9.85. The topological polar surface area (TPSA) is 57.6 Å². The van der Waals surface area contributed by atoms with Crippen LogP contribution in [-0.2, 0) is 9.59 Å². The number of amides is 1. The number of carboxylic acid groups (broad SMARTS) is 1. The lowest BCUT2D eigenvalue weighted by molar-refractivity contribution is -0.141. The van der Waals surface area contributed by atoms with Crippen molar-refractivity contribution in [3.63, 3.8) is 0 Å². The number of nitrogens with zero attached hydrogens (tertiary/aromatic N) is 1. The van der Waals surface area contributed by atoms with E-state index in [1.165, 1.54) is 6.42 Å². The van der Waals surface area contributed by atoms with Crippen molar-refractivity contribution in [3.8, 4) is 0 Å². The van der Waals surface area contributed by atoms with Crippen molar-refractivity contribution < 1.29 is 14.7 Å². The maximum atomic E-state index is 12.5. The molecule has 1 heterocycles. The molecule has 0 spiro atoms. The van der Waals surface area contributed by atoms with Gasteiger partial charge in [-0.2, -0.15) is 0 Å². The molecular weight excluding hydrogens is 242 g/mol. The molecule has 19 heavy (non-hydrogen) atoms. The minimum absolute atomic E-state index is 0.0534. The number of hydrogen-bond donors (Lipinski definition) is 1. The first kappa shape index (κ1) is 14.4. The molecule has 0 aromatic carbocycles. The lowest BCUT2D eigenvalue weighted by Crippen LogP contribution is -2.36. The lowest BCUT2D eigenvalue weighted by Gasteiger charge is -2.25. The zero-order valence-corrected chi connectivity index (χ0v) is 12.0. The Hall–Kier alpha value is -1.06. The van der Waals surface area contributed by atoms with Crippen LogP contribution in [0.2, 0.25) is 0 Å². The zero-order valence-electron chi connectivity index (χ0n) is 12.0. The fraction of sp³-hybridized carbons (Fsp3) is 0.867. The van der Waals surface area contributed by atoms with E-state index in [9.17, 15) is 9.59 Å². The summed E-state index contributed by atoms with van der Waals surface area (Å²) in [5.41, 5.74) is 0.328. The third-order valence-electron chi connectivity index (χ3n) is 4.78. The number of carboxylic acids is 1. The minimum atomic E-state index is -0.743. The number of aliphatic carboxylic acids is 1. The maximum absolute atomic E-state index is 12.5. The summed E-state index contributed by atoms with van der Waals surface area (Å²) in [6, 6.07) is 0. The van der Waals surface area contributed by atoms with Crippen LogP contribution in [0.25, 0.3) is 0 Å². The Bertz CT molecular complexity index is 364. The molecule has 0 aromatic rings. The van der Waals surface area contributed by atoms with Gasteiger partial charge in [-0.3, -0.25) is 9.59 Å². The van der Waals surface area contributed by atoms with Crippen molar-refractivity contribution in [2.75, 3.05) is 13.1 Å². The van der Waals surface area contributed by atoms with E-state index in [0.29, 0.717) is 18.3 Å². The van der Waals surface area contributed by atoms with Crippen LogP contribution in [-0.4, -0.2) is 35.0 Å². The Morgan fingerprint density at radius 2 is 1.79 bits per heavy atom. The molecular formula is C15H25NO3.